The molecule has 2 rings (SSSR count). The largest absolute Gasteiger partial charge is 0.497 e. The van der Waals surface area contributed by atoms with E-state index < -0.39 is 0 Å². The lowest BCUT2D eigenvalue weighted by Gasteiger charge is -2.25. The van der Waals surface area contributed by atoms with Crippen molar-refractivity contribution in [3.05, 3.63) is 59.7 Å². The maximum Gasteiger partial charge on any atom is 0.254 e. The SMILES string of the molecule is COc1cccc(CN(CC(C)C)C(=O)c2ccc(NC(C)=O)cc2)c1. The fourth-order valence-electron chi connectivity index (χ4n) is 2.73. The summed E-state index contributed by atoms with van der Waals surface area (Å²) in [5.41, 5.74) is 2.30. The number of ether oxygens (including phenoxy) is 1. The first kappa shape index (κ1) is 19.5. The number of rotatable bonds is 7. The fourth-order valence-corrected chi connectivity index (χ4v) is 2.73. The van der Waals surface area contributed by atoms with Crippen LogP contribution in [0.15, 0.2) is 48.5 Å². The zero-order chi connectivity index (χ0) is 19.1. The van der Waals surface area contributed by atoms with Gasteiger partial charge in [-0.05, 0) is 47.9 Å². The average Bonchev–Trinajstić information content (AvgIpc) is 2.60. The Kier molecular flexibility index (Phi) is 6.78. The number of carbonyl (C=O) groups excluding carboxylic acids is 2. The summed E-state index contributed by atoms with van der Waals surface area (Å²) in [7, 11) is 1.63. The maximum absolute atomic E-state index is 13.0. The second-order valence-electron chi connectivity index (χ2n) is 6.69. The molecule has 0 radical (unpaired) electrons. The Balaban J connectivity index is 2.19. The van der Waals surface area contributed by atoms with Crippen LogP contribution in [0.2, 0.25) is 0 Å². The molecule has 0 aliphatic rings. The Morgan fingerprint density at radius 3 is 2.38 bits per heavy atom. The molecule has 0 bridgehead atoms. The summed E-state index contributed by atoms with van der Waals surface area (Å²) < 4.78 is 5.27. The Morgan fingerprint density at radius 2 is 1.81 bits per heavy atom. The van der Waals surface area contributed by atoms with Gasteiger partial charge >= 0.3 is 0 Å². The van der Waals surface area contributed by atoms with E-state index in [0.29, 0.717) is 30.3 Å². The van der Waals surface area contributed by atoms with Crippen LogP contribution in [0.4, 0.5) is 5.69 Å². The maximum atomic E-state index is 13.0. The van der Waals surface area contributed by atoms with Crippen molar-refractivity contribution in [3.63, 3.8) is 0 Å². The predicted molar refractivity (Wildman–Crippen MR) is 103 cm³/mol. The van der Waals surface area contributed by atoms with Crippen molar-refractivity contribution in [2.75, 3.05) is 19.0 Å². The van der Waals surface area contributed by atoms with E-state index in [1.807, 2.05) is 29.2 Å². The minimum Gasteiger partial charge on any atom is -0.497 e. The number of methoxy groups -OCH3 is 1. The van der Waals surface area contributed by atoms with Crippen molar-refractivity contribution in [3.8, 4) is 5.75 Å². The van der Waals surface area contributed by atoms with Gasteiger partial charge in [0.05, 0.1) is 7.11 Å². The Bertz CT molecular complexity index is 754. The van der Waals surface area contributed by atoms with Gasteiger partial charge in [-0.2, -0.15) is 0 Å². The molecule has 26 heavy (non-hydrogen) atoms. The van der Waals surface area contributed by atoms with E-state index in [2.05, 4.69) is 19.2 Å². The molecule has 0 aromatic heterocycles. The number of amides is 2. The minimum absolute atomic E-state index is 0.0316. The van der Waals surface area contributed by atoms with Crippen molar-refractivity contribution in [1.82, 2.24) is 4.90 Å². The third-order valence-electron chi connectivity index (χ3n) is 3.83. The van der Waals surface area contributed by atoms with E-state index in [0.717, 1.165) is 11.3 Å². The Hall–Kier alpha value is -2.82. The second-order valence-corrected chi connectivity index (χ2v) is 6.69. The molecule has 0 heterocycles. The number of nitrogens with one attached hydrogen (secondary N) is 1. The van der Waals surface area contributed by atoms with Crippen LogP contribution in [0, 0.1) is 5.92 Å². The molecule has 0 spiro atoms. The summed E-state index contributed by atoms with van der Waals surface area (Å²) in [4.78, 5) is 25.9. The normalized spacial score (nSPS) is 10.5. The van der Waals surface area contributed by atoms with Gasteiger partial charge in [-0.1, -0.05) is 26.0 Å². The molecule has 0 atom stereocenters. The first-order valence-corrected chi connectivity index (χ1v) is 8.69. The monoisotopic (exact) mass is 354 g/mol. The lowest BCUT2D eigenvalue weighted by atomic mass is 10.1. The number of anilines is 1. The van der Waals surface area contributed by atoms with Gasteiger partial charge in [-0.3, -0.25) is 9.59 Å². The third-order valence-corrected chi connectivity index (χ3v) is 3.83. The lowest BCUT2D eigenvalue weighted by Crippen LogP contribution is -2.33. The molecule has 2 aromatic carbocycles. The number of benzene rings is 2. The van der Waals surface area contributed by atoms with E-state index in [-0.39, 0.29) is 11.8 Å². The van der Waals surface area contributed by atoms with Gasteiger partial charge < -0.3 is 15.0 Å². The molecule has 2 amide bonds. The number of hydrogen-bond donors (Lipinski definition) is 1. The van der Waals surface area contributed by atoms with Gasteiger partial charge in [0, 0.05) is 31.3 Å². The summed E-state index contributed by atoms with van der Waals surface area (Å²) in [6.45, 7) is 6.81. The summed E-state index contributed by atoms with van der Waals surface area (Å²) >= 11 is 0. The predicted octanol–water partition coefficient (Wildman–Crippen LogP) is 3.95. The van der Waals surface area contributed by atoms with E-state index in [9.17, 15) is 9.59 Å². The van der Waals surface area contributed by atoms with Gasteiger partial charge in [0.25, 0.3) is 5.91 Å². The Morgan fingerprint density at radius 1 is 1.12 bits per heavy atom. The van der Waals surface area contributed by atoms with E-state index in [1.54, 1.807) is 31.4 Å². The van der Waals surface area contributed by atoms with E-state index >= 15 is 0 Å². The molecule has 0 fully saturated rings. The highest BCUT2D eigenvalue weighted by Crippen LogP contribution is 2.18. The molecule has 0 saturated heterocycles. The van der Waals surface area contributed by atoms with E-state index in [1.165, 1.54) is 6.92 Å². The van der Waals surface area contributed by atoms with Crippen LogP contribution in [0.3, 0.4) is 0 Å². The third kappa shape index (κ3) is 5.62. The number of hydrogen-bond acceptors (Lipinski definition) is 3. The van der Waals surface area contributed by atoms with Crippen LogP contribution < -0.4 is 10.1 Å². The first-order chi connectivity index (χ1) is 12.4. The molecule has 0 aliphatic carbocycles. The van der Waals surface area contributed by atoms with Gasteiger partial charge in [0.2, 0.25) is 5.91 Å². The second kappa shape index (κ2) is 9.04. The molecular formula is C21H26N2O3. The van der Waals surface area contributed by atoms with Crippen molar-refractivity contribution in [2.24, 2.45) is 5.92 Å². The highest BCUT2D eigenvalue weighted by Gasteiger charge is 2.17. The molecular weight excluding hydrogens is 328 g/mol. The molecule has 138 valence electrons. The molecule has 0 saturated carbocycles. The van der Waals surface area contributed by atoms with Crippen LogP contribution in [0.1, 0.15) is 36.7 Å². The highest BCUT2D eigenvalue weighted by molar-refractivity contribution is 5.95. The van der Waals surface area contributed by atoms with E-state index in [4.69, 9.17) is 4.74 Å². The smallest absolute Gasteiger partial charge is 0.254 e. The molecule has 0 unspecified atom stereocenters. The number of carbonyl (C=O) groups is 2. The highest BCUT2D eigenvalue weighted by atomic mass is 16.5. The average molecular weight is 354 g/mol. The molecule has 2 aromatic rings. The quantitative estimate of drug-likeness (QED) is 0.819. The fraction of sp³-hybridized carbons (Fsp3) is 0.333. The zero-order valence-electron chi connectivity index (χ0n) is 15.8. The van der Waals surface area contributed by atoms with Crippen LogP contribution >= 0.6 is 0 Å². The van der Waals surface area contributed by atoms with Crippen molar-refractivity contribution < 1.29 is 14.3 Å². The van der Waals surface area contributed by atoms with Gasteiger partial charge in [0.1, 0.15) is 5.75 Å². The van der Waals surface area contributed by atoms with Crippen LogP contribution in [0.25, 0.3) is 0 Å². The Labute approximate surface area is 155 Å². The molecule has 1 N–H and O–H groups in total. The molecule has 5 heteroatoms. The van der Waals surface area contributed by atoms with Gasteiger partial charge in [-0.15, -0.1) is 0 Å². The molecule has 0 aliphatic heterocycles. The molecule has 5 nitrogen and oxygen atoms in total. The minimum atomic E-state index is -0.136. The first-order valence-electron chi connectivity index (χ1n) is 8.69. The van der Waals surface area contributed by atoms with Crippen LogP contribution in [-0.4, -0.2) is 30.4 Å². The van der Waals surface area contributed by atoms with Crippen LogP contribution in [0.5, 0.6) is 5.75 Å². The number of nitrogens with zero attached hydrogens (tertiary/aromatic N) is 1. The van der Waals surface area contributed by atoms with Crippen LogP contribution in [-0.2, 0) is 11.3 Å². The zero-order valence-corrected chi connectivity index (χ0v) is 15.8. The van der Waals surface area contributed by atoms with Crippen molar-refractivity contribution in [2.45, 2.75) is 27.3 Å². The van der Waals surface area contributed by atoms with Crippen molar-refractivity contribution >= 4 is 17.5 Å². The standard InChI is InChI=1S/C21H26N2O3/c1-15(2)13-23(14-17-6-5-7-20(12-17)26-4)21(25)18-8-10-19(11-9-18)22-16(3)24/h5-12,15H,13-14H2,1-4H3,(H,22,24). The summed E-state index contributed by atoms with van der Waals surface area (Å²) in [5, 5.41) is 2.71. The summed E-state index contributed by atoms with van der Waals surface area (Å²) in [6, 6.07) is 14.7. The summed E-state index contributed by atoms with van der Waals surface area (Å²) in [5.74, 6) is 0.960. The van der Waals surface area contributed by atoms with Crippen molar-refractivity contribution in [1.29, 1.82) is 0 Å². The summed E-state index contributed by atoms with van der Waals surface area (Å²) in [6.07, 6.45) is 0. The van der Waals surface area contributed by atoms with Gasteiger partial charge in [0.15, 0.2) is 0 Å². The van der Waals surface area contributed by atoms with Gasteiger partial charge in [-0.25, -0.2) is 0 Å². The lowest BCUT2D eigenvalue weighted by molar-refractivity contribution is -0.114. The topological polar surface area (TPSA) is 58.6 Å².